The maximum absolute atomic E-state index is 12.1. The van der Waals surface area contributed by atoms with E-state index in [1.165, 1.54) is 0 Å². The van der Waals surface area contributed by atoms with Crippen LogP contribution in [0.15, 0.2) is 22.0 Å². The van der Waals surface area contributed by atoms with Crippen molar-refractivity contribution in [3.05, 3.63) is 34.1 Å². The highest BCUT2D eigenvalue weighted by molar-refractivity contribution is 7.10. The Morgan fingerprint density at radius 3 is 3.20 bits per heavy atom. The van der Waals surface area contributed by atoms with Gasteiger partial charge >= 0.3 is 0 Å². The number of hydrogen-bond donors (Lipinski definition) is 2. The zero-order chi connectivity index (χ0) is 13.9. The van der Waals surface area contributed by atoms with Crippen molar-refractivity contribution in [2.45, 2.75) is 19.1 Å². The molecule has 0 aliphatic carbocycles. The molecule has 0 radical (unpaired) electrons. The predicted molar refractivity (Wildman–Crippen MR) is 72.7 cm³/mol. The Labute approximate surface area is 119 Å². The van der Waals surface area contributed by atoms with Gasteiger partial charge in [0.05, 0.1) is 13.1 Å². The summed E-state index contributed by atoms with van der Waals surface area (Å²) in [6.07, 6.45) is 0. The molecule has 2 aromatic rings. The lowest BCUT2D eigenvalue weighted by atomic mass is 10.1. The van der Waals surface area contributed by atoms with Crippen LogP contribution in [0, 0.1) is 0 Å². The average Bonchev–Trinajstić information content (AvgIpc) is 3.10. The van der Waals surface area contributed by atoms with Gasteiger partial charge in [0.15, 0.2) is 5.82 Å². The van der Waals surface area contributed by atoms with Crippen LogP contribution in [-0.2, 0) is 17.9 Å². The van der Waals surface area contributed by atoms with Gasteiger partial charge in [-0.15, -0.1) is 11.3 Å². The van der Waals surface area contributed by atoms with Gasteiger partial charge < -0.3 is 15.6 Å². The van der Waals surface area contributed by atoms with Crippen molar-refractivity contribution in [2.24, 2.45) is 5.73 Å². The highest BCUT2D eigenvalue weighted by atomic mass is 32.1. The van der Waals surface area contributed by atoms with Gasteiger partial charge in [-0.05, 0) is 11.4 Å². The first-order valence-corrected chi connectivity index (χ1v) is 7.22. The molecule has 0 aromatic carbocycles. The molecule has 0 saturated carbocycles. The SMILES string of the molecule is NCc1nc(CN2CCNC(=O)C2c2cccs2)no1. The highest BCUT2D eigenvalue weighted by Crippen LogP contribution is 2.28. The van der Waals surface area contributed by atoms with E-state index in [1.54, 1.807) is 11.3 Å². The molecular formula is C12H15N5O2S. The molecule has 1 aliphatic heterocycles. The van der Waals surface area contributed by atoms with Crippen LogP contribution in [0.4, 0.5) is 0 Å². The molecule has 1 atom stereocenters. The topological polar surface area (TPSA) is 97.3 Å². The first-order chi connectivity index (χ1) is 9.78. The molecule has 3 N–H and O–H groups in total. The van der Waals surface area contributed by atoms with Crippen molar-refractivity contribution in [1.82, 2.24) is 20.4 Å². The molecule has 20 heavy (non-hydrogen) atoms. The van der Waals surface area contributed by atoms with Gasteiger partial charge in [-0.3, -0.25) is 9.69 Å². The van der Waals surface area contributed by atoms with E-state index in [4.69, 9.17) is 10.3 Å². The molecule has 1 amide bonds. The summed E-state index contributed by atoms with van der Waals surface area (Å²) < 4.78 is 5.00. The van der Waals surface area contributed by atoms with Crippen LogP contribution in [0.3, 0.4) is 0 Å². The summed E-state index contributed by atoms with van der Waals surface area (Å²) in [6.45, 7) is 2.07. The van der Waals surface area contributed by atoms with E-state index in [0.29, 0.717) is 24.8 Å². The summed E-state index contributed by atoms with van der Waals surface area (Å²) >= 11 is 1.57. The molecule has 1 fully saturated rings. The van der Waals surface area contributed by atoms with Crippen LogP contribution in [0.25, 0.3) is 0 Å². The molecule has 1 unspecified atom stereocenters. The van der Waals surface area contributed by atoms with Crippen LogP contribution in [0.5, 0.6) is 0 Å². The number of carbonyl (C=O) groups is 1. The van der Waals surface area contributed by atoms with Gasteiger partial charge in [-0.1, -0.05) is 11.2 Å². The summed E-state index contributed by atoms with van der Waals surface area (Å²) in [4.78, 5) is 19.4. The number of piperazine rings is 1. The second kappa shape index (κ2) is 5.70. The molecule has 1 aliphatic rings. The number of rotatable bonds is 4. The first-order valence-electron chi connectivity index (χ1n) is 6.34. The van der Waals surface area contributed by atoms with E-state index in [2.05, 4.69) is 20.4 Å². The Morgan fingerprint density at radius 2 is 2.50 bits per heavy atom. The lowest BCUT2D eigenvalue weighted by molar-refractivity contribution is -0.129. The molecular weight excluding hydrogens is 278 g/mol. The average molecular weight is 293 g/mol. The molecule has 0 bridgehead atoms. The normalized spacial score (nSPS) is 20.1. The van der Waals surface area contributed by atoms with Crippen molar-refractivity contribution >= 4 is 17.2 Å². The third-order valence-electron chi connectivity index (χ3n) is 3.15. The fraction of sp³-hybridized carbons (Fsp3) is 0.417. The molecule has 0 spiro atoms. The van der Waals surface area contributed by atoms with Crippen molar-refractivity contribution < 1.29 is 9.32 Å². The third-order valence-corrected chi connectivity index (χ3v) is 4.08. The molecule has 3 rings (SSSR count). The lowest BCUT2D eigenvalue weighted by Gasteiger charge is -2.33. The maximum atomic E-state index is 12.1. The minimum absolute atomic E-state index is 0.0150. The van der Waals surface area contributed by atoms with Crippen LogP contribution in [0.1, 0.15) is 22.6 Å². The van der Waals surface area contributed by atoms with Gasteiger partial charge in [0, 0.05) is 18.0 Å². The number of nitrogens with one attached hydrogen (secondary N) is 1. The Kier molecular flexibility index (Phi) is 3.77. The van der Waals surface area contributed by atoms with Crippen LogP contribution in [-0.4, -0.2) is 34.0 Å². The summed E-state index contributed by atoms with van der Waals surface area (Å²) in [5, 5.41) is 8.75. The van der Waals surface area contributed by atoms with Crippen LogP contribution >= 0.6 is 11.3 Å². The minimum Gasteiger partial charge on any atom is -0.353 e. The van der Waals surface area contributed by atoms with Crippen molar-refractivity contribution in [1.29, 1.82) is 0 Å². The van der Waals surface area contributed by atoms with E-state index >= 15 is 0 Å². The van der Waals surface area contributed by atoms with Gasteiger partial charge in [-0.25, -0.2) is 0 Å². The lowest BCUT2D eigenvalue weighted by Crippen LogP contribution is -2.49. The fourth-order valence-corrected chi connectivity index (χ4v) is 3.12. The summed E-state index contributed by atoms with van der Waals surface area (Å²) in [5.74, 6) is 0.983. The molecule has 8 heteroatoms. The molecule has 1 saturated heterocycles. The third kappa shape index (κ3) is 2.58. The summed E-state index contributed by atoms with van der Waals surface area (Å²) in [6, 6.07) is 3.62. The monoisotopic (exact) mass is 293 g/mol. The zero-order valence-electron chi connectivity index (χ0n) is 10.8. The van der Waals surface area contributed by atoms with E-state index in [9.17, 15) is 4.79 Å². The number of amides is 1. The number of hydrogen-bond acceptors (Lipinski definition) is 7. The van der Waals surface area contributed by atoms with E-state index in [1.807, 2.05) is 17.5 Å². The second-order valence-corrected chi connectivity index (χ2v) is 5.47. The van der Waals surface area contributed by atoms with Gasteiger partial charge in [0.2, 0.25) is 11.8 Å². The van der Waals surface area contributed by atoms with E-state index in [-0.39, 0.29) is 18.5 Å². The van der Waals surface area contributed by atoms with Crippen molar-refractivity contribution in [3.8, 4) is 0 Å². The van der Waals surface area contributed by atoms with Crippen LogP contribution in [0.2, 0.25) is 0 Å². The largest absolute Gasteiger partial charge is 0.353 e. The minimum atomic E-state index is -0.288. The number of nitrogens with zero attached hydrogens (tertiary/aromatic N) is 3. The summed E-state index contributed by atoms with van der Waals surface area (Å²) in [5.41, 5.74) is 5.45. The van der Waals surface area contributed by atoms with Gasteiger partial charge in [0.1, 0.15) is 6.04 Å². The van der Waals surface area contributed by atoms with Crippen molar-refractivity contribution in [3.63, 3.8) is 0 Å². The maximum Gasteiger partial charge on any atom is 0.242 e. The second-order valence-electron chi connectivity index (χ2n) is 4.49. The molecule has 106 valence electrons. The molecule has 2 aromatic heterocycles. The van der Waals surface area contributed by atoms with Gasteiger partial charge in [-0.2, -0.15) is 4.98 Å². The zero-order valence-corrected chi connectivity index (χ0v) is 11.6. The standard InChI is InChI=1S/C12H15N5O2S/c13-6-10-15-9(16-19-10)7-17-4-3-14-12(18)11(17)8-2-1-5-20-8/h1-2,5,11H,3-4,6-7,13H2,(H,14,18). The molecule has 3 heterocycles. The Morgan fingerprint density at radius 1 is 1.60 bits per heavy atom. The van der Waals surface area contributed by atoms with E-state index < -0.39 is 0 Å². The number of thiophene rings is 1. The quantitative estimate of drug-likeness (QED) is 0.839. The highest BCUT2D eigenvalue weighted by Gasteiger charge is 2.32. The van der Waals surface area contributed by atoms with Crippen molar-refractivity contribution in [2.75, 3.05) is 13.1 Å². The first kappa shape index (κ1) is 13.2. The van der Waals surface area contributed by atoms with Gasteiger partial charge in [0.25, 0.3) is 0 Å². The smallest absolute Gasteiger partial charge is 0.242 e. The Hall–Kier alpha value is -1.77. The summed E-state index contributed by atoms with van der Waals surface area (Å²) in [7, 11) is 0. The number of aromatic nitrogens is 2. The predicted octanol–water partition coefficient (Wildman–Crippen LogP) is 0.263. The Bertz CT molecular complexity index is 582. The van der Waals surface area contributed by atoms with Crippen LogP contribution < -0.4 is 11.1 Å². The van der Waals surface area contributed by atoms with E-state index in [0.717, 1.165) is 11.4 Å². The molecule has 7 nitrogen and oxygen atoms in total. The fourth-order valence-electron chi connectivity index (χ4n) is 2.26. The Balaban J connectivity index is 1.80. The number of nitrogens with two attached hydrogens (primary N) is 1. The number of carbonyl (C=O) groups excluding carboxylic acids is 1.